The first-order valence-corrected chi connectivity index (χ1v) is 10.9. The number of fused-ring (bicyclic) bond motifs is 1. The van der Waals surface area contributed by atoms with Crippen LogP contribution in [0.1, 0.15) is 48.5 Å². The molecule has 5 rings (SSSR count). The summed E-state index contributed by atoms with van der Waals surface area (Å²) in [5.74, 6) is 5.27. The molecule has 3 aromatic heterocycles. The van der Waals surface area contributed by atoms with Gasteiger partial charge in [0.25, 0.3) is 0 Å². The molecule has 0 saturated carbocycles. The maximum Gasteiger partial charge on any atom is 0.143 e. The van der Waals surface area contributed by atoms with Gasteiger partial charge in [-0.05, 0) is 49.9 Å². The van der Waals surface area contributed by atoms with Crippen molar-refractivity contribution in [2.75, 3.05) is 18.0 Å². The number of imidazole rings is 1. The van der Waals surface area contributed by atoms with Crippen molar-refractivity contribution in [1.29, 1.82) is 0 Å². The van der Waals surface area contributed by atoms with E-state index in [0.29, 0.717) is 5.92 Å². The Morgan fingerprint density at radius 2 is 1.90 bits per heavy atom. The fourth-order valence-electron chi connectivity index (χ4n) is 4.50. The quantitative estimate of drug-likeness (QED) is 0.483. The number of rotatable bonds is 4. The summed E-state index contributed by atoms with van der Waals surface area (Å²) in [6, 6.07) is 10.1. The Bertz CT molecular complexity index is 1250. The molecule has 1 aliphatic rings. The summed E-state index contributed by atoms with van der Waals surface area (Å²) in [5, 5.41) is 1.05. The van der Waals surface area contributed by atoms with Crippen molar-refractivity contribution in [2.24, 2.45) is 0 Å². The molecular weight excluding hydrogens is 384 g/mol. The zero-order chi connectivity index (χ0) is 21.4. The number of hydrogen-bond donors (Lipinski definition) is 2. The Kier molecular flexibility index (Phi) is 4.95. The Labute approximate surface area is 182 Å². The molecule has 1 aliphatic heterocycles. The van der Waals surface area contributed by atoms with Crippen LogP contribution in [0.2, 0.25) is 0 Å². The average Bonchev–Trinajstić information content (AvgIpc) is 3.42. The Balaban J connectivity index is 1.38. The maximum atomic E-state index is 5.48. The second-order valence-electron chi connectivity index (χ2n) is 8.17. The summed E-state index contributed by atoms with van der Waals surface area (Å²) >= 11 is 0. The van der Waals surface area contributed by atoms with Crippen molar-refractivity contribution in [3.63, 3.8) is 0 Å². The summed E-state index contributed by atoms with van der Waals surface area (Å²) in [6.45, 7) is 6.17. The normalized spacial score (nSPS) is 14.8. The van der Waals surface area contributed by atoms with Crippen LogP contribution in [0, 0.1) is 19.3 Å². The first-order valence-electron chi connectivity index (χ1n) is 10.9. The largest absolute Gasteiger partial charge is 0.356 e. The highest BCUT2D eigenvalue weighted by atomic mass is 15.2. The molecule has 1 fully saturated rings. The molecule has 0 radical (unpaired) electrons. The molecule has 0 atom stereocenters. The standard InChI is InChI=1S/C25H26N6/c1-4-17-6-8-18(9-7-17)22-14-20-24(30-22)26-15-27-25(20)31-12-10-19(11-13-31)23-28-16(3)21(5-2)29-23/h1,6-9,14-15,19H,5,10-13H2,2-3H3,(H,28,29)(H,26,27,30). The van der Waals surface area contributed by atoms with Crippen molar-refractivity contribution >= 4 is 16.9 Å². The number of benzene rings is 1. The van der Waals surface area contributed by atoms with Gasteiger partial charge in [0, 0.05) is 36.0 Å². The number of aromatic nitrogens is 5. The number of hydrogen-bond acceptors (Lipinski definition) is 4. The van der Waals surface area contributed by atoms with Gasteiger partial charge in [-0.25, -0.2) is 15.0 Å². The van der Waals surface area contributed by atoms with E-state index in [1.807, 2.05) is 24.3 Å². The van der Waals surface area contributed by atoms with Crippen molar-refractivity contribution in [3.8, 4) is 23.6 Å². The molecule has 1 saturated heterocycles. The van der Waals surface area contributed by atoms with Crippen LogP contribution >= 0.6 is 0 Å². The van der Waals surface area contributed by atoms with E-state index in [1.165, 1.54) is 5.69 Å². The lowest BCUT2D eigenvalue weighted by molar-refractivity contribution is 0.486. The number of aryl methyl sites for hydroxylation is 2. The zero-order valence-electron chi connectivity index (χ0n) is 17.9. The highest BCUT2D eigenvalue weighted by Crippen LogP contribution is 2.33. The fourth-order valence-corrected chi connectivity index (χ4v) is 4.50. The first kappa shape index (κ1) is 19.4. The Morgan fingerprint density at radius 3 is 2.58 bits per heavy atom. The van der Waals surface area contributed by atoms with E-state index in [4.69, 9.17) is 11.4 Å². The molecule has 0 spiro atoms. The molecule has 6 nitrogen and oxygen atoms in total. The number of nitrogens with one attached hydrogen (secondary N) is 2. The van der Waals surface area contributed by atoms with Crippen molar-refractivity contribution in [3.05, 3.63) is 59.4 Å². The molecule has 6 heteroatoms. The number of aromatic amines is 2. The molecule has 1 aromatic carbocycles. The predicted molar refractivity (Wildman–Crippen MR) is 124 cm³/mol. The second kappa shape index (κ2) is 7.92. The van der Waals surface area contributed by atoms with Gasteiger partial charge in [0.05, 0.1) is 11.1 Å². The van der Waals surface area contributed by atoms with Crippen molar-refractivity contribution in [2.45, 2.75) is 39.0 Å². The van der Waals surface area contributed by atoms with Crippen LogP contribution in [0.15, 0.2) is 36.7 Å². The summed E-state index contributed by atoms with van der Waals surface area (Å²) in [6.07, 6.45) is 10.2. The lowest BCUT2D eigenvalue weighted by Gasteiger charge is -2.32. The van der Waals surface area contributed by atoms with Gasteiger partial charge in [-0.15, -0.1) is 6.42 Å². The van der Waals surface area contributed by atoms with E-state index < -0.39 is 0 Å². The minimum absolute atomic E-state index is 0.476. The third-order valence-electron chi connectivity index (χ3n) is 6.31. The predicted octanol–water partition coefficient (Wildman–Crippen LogP) is 4.58. The third kappa shape index (κ3) is 3.57. The molecular formula is C25H26N6. The molecule has 4 aromatic rings. The lowest BCUT2D eigenvalue weighted by Crippen LogP contribution is -2.34. The van der Waals surface area contributed by atoms with E-state index in [2.05, 4.69) is 50.7 Å². The smallest absolute Gasteiger partial charge is 0.143 e. The van der Waals surface area contributed by atoms with E-state index in [0.717, 1.165) is 77.5 Å². The minimum Gasteiger partial charge on any atom is -0.356 e. The Hall–Kier alpha value is -3.59. The van der Waals surface area contributed by atoms with Crippen LogP contribution in [-0.2, 0) is 6.42 Å². The second-order valence-corrected chi connectivity index (χ2v) is 8.17. The third-order valence-corrected chi connectivity index (χ3v) is 6.31. The van der Waals surface area contributed by atoms with E-state index in [1.54, 1.807) is 6.33 Å². The van der Waals surface area contributed by atoms with E-state index >= 15 is 0 Å². The van der Waals surface area contributed by atoms with Gasteiger partial charge in [-0.1, -0.05) is 25.0 Å². The molecule has 2 N–H and O–H groups in total. The average molecular weight is 411 g/mol. The van der Waals surface area contributed by atoms with Crippen LogP contribution in [0.3, 0.4) is 0 Å². The molecule has 0 amide bonds. The topological polar surface area (TPSA) is 73.5 Å². The zero-order valence-corrected chi connectivity index (χ0v) is 17.9. The first-order chi connectivity index (χ1) is 15.2. The number of terminal acetylenes is 1. The van der Waals surface area contributed by atoms with Gasteiger partial charge in [-0.3, -0.25) is 0 Å². The van der Waals surface area contributed by atoms with E-state index in [-0.39, 0.29) is 0 Å². The number of H-pyrrole nitrogens is 2. The maximum absolute atomic E-state index is 5.48. The van der Waals surface area contributed by atoms with Crippen LogP contribution < -0.4 is 4.90 Å². The number of nitrogens with zero attached hydrogens (tertiary/aromatic N) is 4. The fraction of sp³-hybridized carbons (Fsp3) is 0.320. The SMILES string of the molecule is C#Cc1ccc(-c2cc3c(N4CCC(c5nc(C)c(CC)[nH]5)CC4)ncnc3[nH]2)cc1. The summed E-state index contributed by atoms with van der Waals surface area (Å²) in [7, 11) is 0. The molecule has 31 heavy (non-hydrogen) atoms. The van der Waals surface area contributed by atoms with Gasteiger partial charge in [0.2, 0.25) is 0 Å². The molecule has 0 aliphatic carbocycles. The monoisotopic (exact) mass is 410 g/mol. The highest BCUT2D eigenvalue weighted by Gasteiger charge is 2.25. The van der Waals surface area contributed by atoms with Crippen LogP contribution in [0.4, 0.5) is 5.82 Å². The van der Waals surface area contributed by atoms with Gasteiger partial charge >= 0.3 is 0 Å². The summed E-state index contributed by atoms with van der Waals surface area (Å²) < 4.78 is 0. The molecule has 156 valence electrons. The van der Waals surface area contributed by atoms with E-state index in [9.17, 15) is 0 Å². The van der Waals surface area contributed by atoms with Crippen molar-refractivity contribution < 1.29 is 0 Å². The molecule has 0 unspecified atom stereocenters. The molecule has 0 bridgehead atoms. The summed E-state index contributed by atoms with van der Waals surface area (Å²) in [4.78, 5) is 23.2. The van der Waals surface area contributed by atoms with Crippen molar-refractivity contribution in [1.82, 2.24) is 24.9 Å². The molecule has 4 heterocycles. The minimum atomic E-state index is 0.476. The van der Waals surface area contributed by atoms with Gasteiger partial charge in [-0.2, -0.15) is 0 Å². The van der Waals surface area contributed by atoms with Gasteiger partial charge in [0.15, 0.2) is 0 Å². The van der Waals surface area contributed by atoms with Crippen LogP contribution in [0.5, 0.6) is 0 Å². The number of piperidine rings is 1. The highest BCUT2D eigenvalue weighted by molar-refractivity contribution is 5.92. The number of anilines is 1. The van der Waals surface area contributed by atoms with Gasteiger partial charge < -0.3 is 14.9 Å². The van der Waals surface area contributed by atoms with Crippen LogP contribution in [-0.4, -0.2) is 38.0 Å². The van der Waals surface area contributed by atoms with Gasteiger partial charge in [0.1, 0.15) is 23.6 Å². The van der Waals surface area contributed by atoms with Crippen LogP contribution in [0.25, 0.3) is 22.3 Å². The Morgan fingerprint density at radius 1 is 1.13 bits per heavy atom. The summed E-state index contributed by atoms with van der Waals surface area (Å²) in [5.41, 5.74) is 6.23. The lowest BCUT2D eigenvalue weighted by atomic mass is 9.96.